The van der Waals surface area contributed by atoms with Gasteiger partial charge in [-0.25, -0.2) is 0 Å². The SMILES string of the molecule is c1cc2oc3ccc4oc5ccc6oc7ccc8[nH]c1c1c8c7c6c5c4c3c21. The van der Waals surface area contributed by atoms with Gasteiger partial charge in [-0.1, -0.05) is 0 Å². The molecule has 0 amide bonds. The summed E-state index contributed by atoms with van der Waals surface area (Å²) in [4.78, 5) is 3.60. The smallest absolute Gasteiger partial charge is 0.136 e. The van der Waals surface area contributed by atoms with Crippen molar-refractivity contribution in [3.63, 3.8) is 0 Å². The van der Waals surface area contributed by atoms with E-state index in [4.69, 9.17) is 13.3 Å². The summed E-state index contributed by atoms with van der Waals surface area (Å²) in [6.45, 7) is 0. The van der Waals surface area contributed by atoms with Gasteiger partial charge in [0, 0.05) is 54.1 Å². The summed E-state index contributed by atoms with van der Waals surface area (Å²) in [6, 6.07) is 16.4. The molecule has 4 aromatic heterocycles. The second-order valence-corrected chi connectivity index (χ2v) is 7.78. The van der Waals surface area contributed by atoms with Crippen molar-refractivity contribution in [2.45, 2.75) is 0 Å². The van der Waals surface area contributed by atoms with Crippen LogP contribution in [0.2, 0.25) is 0 Å². The zero-order valence-electron chi connectivity index (χ0n) is 14.3. The van der Waals surface area contributed by atoms with E-state index in [0.29, 0.717) is 0 Å². The summed E-state index contributed by atoms with van der Waals surface area (Å²) < 4.78 is 18.8. The van der Waals surface area contributed by atoms with Crippen molar-refractivity contribution in [3.8, 4) is 0 Å². The van der Waals surface area contributed by atoms with Crippen LogP contribution in [0.5, 0.6) is 0 Å². The number of benzene rings is 4. The van der Waals surface area contributed by atoms with Crippen molar-refractivity contribution in [2.24, 2.45) is 0 Å². The highest BCUT2D eigenvalue weighted by Crippen LogP contribution is 2.51. The van der Waals surface area contributed by atoms with Crippen LogP contribution >= 0.6 is 0 Å². The molecule has 0 unspecified atom stereocenters. The Morgan fingerprint density at radius 2 is 0.643 bits per heavy atom. The van der Waals surface area contributed by atoms with E-state index in [1.54, 1.807) is 0 Å². The summed E-state index contributed by atoms with van der Waals surface area (Å²) in [5.41, 5.74) is 7.59. The Morgan fingerprint density at radius 1 is 0.357 bits per heavy atom. The standard InChI is InChI=1S/C24H9NO3/c1-3-11-19-17-9(1)25-10-2-4-12-20(18(10)17)22-14(27-12)6-8-16-24(22)23-15(28-16)7-5-13(26-11)21(19)23/h1-8,25H. The number of furan rings is 3. The molecule has 4 heterocycles. The van der Waals surface area contributed by atoms with Gasteiger partial charge in [-0.2, -0.15) is 0 Å². The summed E-state index contributed by atoms with van der Waals surface area (Å²) in [6.07, 6.45) is 0. The molecule has 9 aromatic rings. The molecule has 0 spiro atoms. The molecule has 0 bridgehead atoms. The molecule has 9 rings (SSSR count). The van der Waals surface area contributed by atoms with Crippen LogP contribution in [-0.2, 0) is 0 Å². The topological polar surface area (TPSA) is 55.2 Å². The minimum atomic E-state index is 0.884. The molecule has 0 saturated heterocycles. The molecular formula is C24H9NO3. The summed E-state index contributed by atoms with van der Waals surface area (Å²) in [5.74, 6) is 0. The van der Waals surface area contributed by atoms with Gasteiger partial charge in [0.2, 0.25) is 0 Å². The molecule has 0 atom stereocenters. The first-order valence-electron chi connectivity index (χ1n) is 9.37. The van der Waals surface area contributed by atoms with Gasteiger partial charge in [-0.15, -0.1) is 0 Å². The number of hydrogen-bond acceptors (Lipinski definition) is 3. The van der Waals surface area contributed by atoms with Gasteiger partial charge < -0.3 is 18.2 Å². The van der Waals surface area contributed by atoms with Crippen LogP contribution in [0.25, 0.3) is 87.6 Å². The van der Waals surface area contributed by atoms with Crippen molar-refractivity contribution in [1.29, 1.82) is 0 Å². The molecule has 4 nitrogen and oxygen atoms in total. The van der Waals surface area contributed by atoms with E-state index in [9.17, 15) is 0 Å². The maximum Gasteiger partial charge on any atom is 0.136 e. The minimum Gasteiger partial charge on any atom is -0.456 e. The average molecular weight is 359 g/mol. The van der Waals surface area contributed by atoms with Gasteiger partial charge in [-0.3, -0.25) is 0 Å². The molecular weight excluding hydrogens is 350 g/mol. The monoisotopic (exact) mass is 359 g/mol. The summed E-state index contributed by atoms with van der Waals surface area (Å²) in [7, 11) is 0. The van der Waals surface area contributed by atoms with Crippen LogP contribution in [0, 0.1) is 0 Å². The van der Waals surface area contributed by atoms with Gasteiger partial charge in [0.15, 0.2) is 0 Å². The summed E-state index contributed by atoms with van der Waals surface area (Å²) in [5, 5.41) is 9.23. The first-order chi connectivity index (χ1) is 13.9. The van der Waals surface area contributed by atoms with Crippen molar-refractivity contribution in [2.75, 3.05) is 0 Å². The predicted molar refractivity (Wildman–Crippen MR) is 111 cm³/mol. The average Bonchev–Trinajstić information content (AvgIpc) is 3.42. The molecule has 128 valence electrons. The molecule has 5 aromatic carbocycles. The Morgan fingerprint density at radius 3 is 1.00 bits per heavy atom. The lowest BCUT2D eigenvalue weighted by atomic mass is 9.95. The Balaban J connectivity index is 1.93. The molecule has 4 heteroatoms. The highest BCUT2D eigenvalue weighted by molar-refractivity contribution is 6.44. The number of aromatic amines is 1. The first kappa shape index (κ1) is 12.5. The van der Waals surface area contributed by atoms with Gasteiger partial charge in [0.1, 0.15) is 33.5 Å². The third kappa shape index (κ3) is 1.06. The second-order valence-electron chi connectivity index (χ2n) is 7.78. The van der Waals surface area contributed by atoms with E-state index in [1.165, 1.54) is 10.8 Å². The van der Waals surface area contributed by atoms with Crippen molar-refractivity contribution in [1.82, 2.24) is 4.98 Å². The van der Waals surface area contributed by atoms with Crippen LogP contribution in [0.4, 0.5) is 0 Å². The predicted octanol–water partition coefficient (Wildman–Crippen LogP) is 7.33. The van der Waals surface area contributed by atoms with Crippen LogP contribution in [0.3, 0.4) is 0 Å². The maximum atomic E-state index is 6.28. The van der Waals surface area contributed by atoms with Gasteiger partial charge in [-0.05, 0) is 48.5 Å². The van der Waals surface area contributed by atoms with E-state index in [1.807, 2.05) is 24.3 Å². The fraction of sp³-hybridized carbons (Fsp3) is 0. The Bertz CT molecular complexity index is 1550. The summed E-state index contributed by atoms with van der Waals surface area (Å²) >= 11 is 0. The van der Waals surface area contributed by atoms with Crippen molar-refractivity contribution >= 4 is 87.6 Å². The van der Waals surface area contributed by atoms with Crippen LogP contribution in [-0.4, -0.2) is 4.98 Å². The lowest BCUT2D eigenvalue weighted by Gasteiger charge is -2.02. The number of H-pyrrole nitrogens is 1. The highest BCUT2D eigenvalue weighted by Gasteiger charge is 2.26. The van der Waals surface area contributed by atoms with Crippen molar-refractivity contribution < 1.29 is 13.3 Å². The molecule has 1 N–H and O–H groups in total. The molecule has 0 radical (unpaired) electrons. The normalized spacial score (nSPS) is 13.7. The number of rotatable bonds is 0. The third-order valence-electron chi connectivity index (χ3n) is 6.52. The molecule has 0 aliphatic heterocycles. The van der Waals surface area contributed by atoms with E-state index in [2.05, 4.69) is 29.2 Å². The van der Waals surface area contributed by atoms with Crippen LogP contribution in [0.1, 0.15) is 0 Å². The zero-order chi connectivity index (χ0) is 17.7. The number of nitrogens with one attached hydrogen (secondary N) is 1. The Hall–Kier alpha value is -3.92. The molecule has 0 aliphatic rings. The first-order valence-corrected chi connectivity index (χ1v) is 9.37. The lowest BCUT2D eigenvalue weighted by Crippen LogP contribution is -1.78. The van der Waals surface area contributed by atoms with Gasteiger partial charge in [0.05, 0.1) is 0 Å². The third-order valence-corrected chi connectivity index (χ3v) is 6.52. The second kappa shape index (κ2) is 3.58. The minimum absolute atomic E-state index is 0.884. The van der Waals surface area contributed by atoms with Crippen LogP contribution in [0.15, 0.2) is 61.8 Å². The van der Waals surface area contributed by atoms with Crippen molar-refractivity contribution in [3.05, 3.63) is 48.5 Å². The highest BCUT2D eigenvalue weighted by atomic mass is 16.3. The molecule has 0 saturated carbocycles. The maximum absolute atomic E-state index is 6.28. The van der Waals surface area contributed by atoms with Crippen LogP contribution < -0.4 is 0 Å². The molecule has 28 heavy (non-hydrogen) atoms. The fourth-order valence-corrected chi connectivity index (χ4v) is 5.52. The lowest BCUT2D eigenvalue weighted by molar-refractivity contribution is 0.661. The van der Waals surface area contributed by atoms with Gasteiger partial charge in [0.25, 0.3) is 0 Å². The van der Waals surface area contributed by atoms with E-state index in [-0.39, 0.29) is 0 Å². The number of hydrogen-bond donors (Lipinski definition) is 1. The number of aromatic nitrogens is 1. The fourth-order valence-electron chi connectivity index (χ4n) is 5.52. The Kier molecular flexibility index (Phi) is 1.59. The largest absolute Gasteiger partial charge is 0.456 e. The quantitative estimate of drug-likeness (QED) is 0.308. The van der Waals surface area contributed by atoms with E-state index in [0.717, 1.165) is 76.8 Å². The van der Waals surface area contributed by atoms with Gasteiger partial charge >= 0.3 is 0 Å². The molecule has 0 fully saturated rings. The van der Waals surface area contributed by atoms with E-state index < -0.39 is 0 Å². The molecule has 0 aliphatic carbocycles. The Labute approximate surface area is 154 Å². The zero-order valence-corrected chi connectivity index (χ0v) is 14.3. The van der Waals surface area contributed by atoms with E-state index >= 15 is 0 Å².